The first-order chi connectivity index (χ1) is 9.51. The molecule has 2 rings (SSSR count). The van der Waals surface area contributed by atoms with Crippen LogP contribution < -0.4 is 25.8 Å². The highest BCUT2D eigenvalue weighted by atomic mass is 16.5. The number of hydrogen-bond donors (Lipinski definition) is 3. The Morgan fingerprint density at radius 2 is 2.25 bits per heavy atom. The molecule has 4 N–H and O–H groups in total. The zero-order valence-corrected chi connectivity index (χ0v) is 11.3. The minimum absolute atomic E-state index is 0.131. The summed E-state index contributed by atoms with van der Waals surface area (Å²) in [7, 11) is 1.43. The van der Waals surface area contributed by atoms with Crippen LogP contribution in [0.25, 0.3) is 0 Å². The molecule has 1 heterocycles. The lowest BCUT2D eigenvalue weighted by molar-refractivity contribution is -0.126. The van der Waals surface area contributed by atoms with E-state index in [0.29, 0.717) is 18.1 Å². The summed E-state index contributed by atoms with van der Waals surface area (Å²) in [6.45, 7) is 1.99. The highest BCUT2D eigenvalue weighted by molar-refractivity contribution is 5.96. The van der Waals surface area contributed by atoms with Gasteiger partial charge in [0.25, 0.3) is 5.91 Å². The van der Waals surface area contributed by atoms with Crippen LogP contribution in [0.1, 0.15) is 18.5 Å². The second-order valence-corrected chi connectivity index (χ2v) is 4.45. The molecule has 1 aromatic carbocycles. The molecule has 2 unspecified atom stereocenters. The highest BCUT2D eigenvalue weighted by Gasteiger charge is 2.22. The third-order valence-electron chi connectivity index (χ3n) is 2.95. The summed E-state index contributed by atoms with van der Waals surface area (Å²) >= 11 is 0. The van der Waals surface area contributed by atoms with E-state index < -0.39 is 18.0 Å². The average molecular weight is 279 g/mol. The molecule has 2 atom stereocenters. The van der Waals surface area contributed by atoms with Gasteiger partial charge in [-0.15, -0.1) is 0 Å². The van der Waals surface area contributed by atoms with E-state index in [9.17, 15) is 9.59 Å². The molecule has 7 heteroatoms. The van der Waals surface area contributed by atoms with Crippen molar-refractivity contribution in [3.63, 3.8) is 0 Å². The van der Waals surface area contributed by atoms with Gasteiger partial charge in [0.05, 0.1) is 6.04 Å². The van der Waals surface area contributed by atoms with E-state index in [2.05, 4.69) is 10.6 Å². The first-order valence-electron chi connectivity index (χ1n) is 6.23. The molecule has 108 valence electrons. The molecule has 0 radical (unpaired) electrons. The molecule has 0 aliphatic carbocycles. The first-order valence-corrected chi connectivity index (χ1v) is 6.23. The molecule has 3 amide bonds. The van der Waals surface area contributed by atoms with Crippen LogP contribution in [0.5, 0.6) is 11.5 Å². The van der Waals surface area contributed by atoms with Crippen LogP contribution in [0.15, 0.2) is 18.2 Å². The normalized spacial score (nSPS) is 17.6. The Kier molecular flexibility index (Phi) is 4.09. The van der Waals surface area contributed by atoms with E-state index in [1.54, 1.807) is 19.1 Å². The number of carbonyl (C=O) groups is 2. The van der Waals surface area contributed by atoms with Crippen LogP contribution in [-0.2, 0) is 4.79 Å². The van der Waals surface area contributed by atoms with E-state index >= 15 is 0 Å². The van der Waals surface area contributed by atoms with Gasteiger partial charge in [-0.2, -0.15) is 0 Å². The predicted octanol–water partition coefficient (Wildman–Crippen LogP) is 0.302. The van der Waals surface area contributed by atoms with Gasteiger partial charge in [0, 0.05) is 18.7 Å². The van der Waals surface area contributed by atoms with E-state index in [4.69, 9.17) is 15.2 Å². The quantitative estimate of drug-likeness (QED) is 0.738. The zero-order chi connectivity index (χ0) is 14.7. The van der Waals surface area contributed by atoms with Crippen LogP contribution in [0.4, 0.5) is 4.79 Å². The second kappa shape index (κ2) is 5.79. The monoisotopic (exact) mass is 279 g/mol. The number of hydrogen-bond acceptors (Lipinski definition) is 5. The molecule has 0 saturated heterocycles. The largest absolute Gasteiger partial charge is 0.491 e. The average Bonchev–Trinajstić information content (AvgIpc) is 2.79. The minimum Gasteiger partial charge on any atom is -0.491 e. The number of fused-ring (bicyclic) bond motifs is 1. The third-order valence-corrected chi connectivity index (χ3v) is 2.95. The molecular formula is C13H17N3O4. The number of amides is 3. The van der Waals surface area contributed by atoms with Crippen molar-refractivity contribution in [2.24, 2.45) is 5.73 Å². The molecule has 7 nitrogen and oxygen atoms in total. The fourth-order valence-electron chi connectivity index (χ4n) is 1.82. The van der Waals surface area contributed by atoms with Gasteiger partial charge in [0.2, 0.25) is 0 Å². The van der Waals surface area contributed by atoms with Gasteiger partial charge in [-0.1, -0.05) is 0 Å². The molecule has 0 saturated carbocycles. The smallest absolute Gasteiger partial charge is 0.321 e. The van der Waals surface area contributed by atoms with Gasteiger partial charge >= 0.3 is 6.03 Å². The summed E-state index contributed by atoms with van der Waals surface area (Å²) in [6.07, 6.45) is -0.805. The maximum Gasteiger partial charge on any atom is 0.321 e. The lowest BCUT2D eigenvalue weighted by Crippen LogP contribution is -2.43. The Morgan fingerprint density at radius 1 is 1.50 bits per heavy atom. The van der Waals surface area contributed by atoms with Crippen molar-refractivity contribution in [2.75, 3.05) is 13.7 Å². The van der Waals surface area contributed by atoms with Crippen molar-refractivity contribution in [1.82, 2.24) is 10.6 Å². The zero-order valence-electron chi connectivity index (χ0n) is 11.3. The van der Waals surface area contributed by atoms with Gasteiger partial charge in [-0.05, 0) is 19.1 Å². The maximum absolute atomic E-state index is 11.7. The number of rotatable bonds is 3. The lowest BCUT2D eigenvalue weighted by Gasteiger charge is -2.14. The predicted molar refractivity (Wildman–Crippen MR) is 71.6 cm³/mol. The molecule has 0 fully saturated rings. The fraction of sp³-hybridized carbons (Fsp3) is 0.385. The maximum atomic E-state index is 11.7. The standard InChI is InChI=1S/C13H17N3O4/c1-7(12(17)16-13(18)15-2)20-8-3-4-9-10(14)6-19-11(9)5-8/h3-5,7,10H,6,14H2,1-2H3,(H2,15,16,17,18). The fourth-order valence-corrected chi connectivity index (χ4v) is 1.82. The van der Waals surface area contributed by atoms with Gasteiger partial charge in [0.15, 0.2) is 6.10 Å². The molecule has 1 aliphatic rings. The van der Waals surface area contributed by atoms with Crippen LogP contribution in [0.2, 0.25) is 0 Å². The number of urea groups is 1. The van der Waals surface area contributed by atoms with Crippen molar-refractivity contribution < 1.29 is 19.1 Å². The summed E-state index contributed by atoms with van der Waals surface area (Å²) in [4.78, 5) is 22.7. The Balaban J connectivity index is 2.00. The molecule has 1 aromatic rings. The summed E-state index contributed by atoms with van der Waals surface area (Å²) in [6, 6.07) is 4.51. The van der Waals surface area contributed by atoms with Crippen molar-refractivity contribution in [1.29, 1.82) is 0 Å². The number of benzene rings is 1. The Bertz CT molecular complexity index is 532. The molecule has 0 spiro atoms. The van der Waals surface area contributed by atoms with Crippen LogP contribution in [0, 0.1) is 0 Å². The van der Waals surface area contributed by atoms with Crippen molar-refractivity contribution in [3.05, 3.63) is 23.8 Å². The number of carbonyl (C=O) groups excluding carboxylic acids is 2. The first kappa shape index (κ1) is 14.1. The van der Waals surface area contributed by atoms with Gasteiger partial charge in [-0.25, -0.2) is 4.79 Å². The highest BCUT2D eigenvalue weighted by Crippen LogP contribution is 2.34. The molecule has 0 bridgehead atoms. The van der Waals surface area contributed by atoms with Crippen LogP contribution in [-0.4, -0.2) is 31.7 Å². The topological polar surface area (TPSA) is 103 Å². The van der Waals surface area contributed by atoms with Crippen molar-refractivity contribution in [2.45, 2.75) is 19.1 Å². The number of nitrogens with one attached hydrogen (secondary N) is 2. The summed E-state index contributed by atoms with van der Waals surface area (Å²) in [5.41, 5.74) is 6.76. The SMILES string of the molecule is CNC(=O)NC(=O)C(C)Oc1ccc2c(c1)OCC2N. The number of ether oxygens (including phenoxy) is 2. The van der Waals surface area contributed by atoms with Crippen molar-refractivity contribution in [3.8, 4) is 11.5 Å². The molecule has 20 heavy (non-hydrogen) atoms. The Labute approximate surface area is 116 Å². The molecule has 0 aromatic heterocycles. The number of imide groups is 1. The van der Waals surface area contributed by atoms with E-state index in [-0.39, 0.29) is 6.04 Å². The van der Waals surface area contributed by atoms with Gasteiger partial charge < -0.3 is 20.5 Å². The van der Waals surface area contributed by atoms with Gasteiger partial charge in [0.1, 0.15) is 18.1 Å². The Morgan fingerprint density at radius 3 is 2.95 bits per heavy atom. The van der Waals surface area contributed by atoms with E-state index in [0.717, 1.165) is 5.56 Å². The lowest BCUT2D eigenvalue weighted by atomic mass is 10.1. The van der Waals surface area contributed by atoms with E-state index in [1.165, 1.54) is 7.05 Å². The van der Waals surface area contributed by atoms with Gasteiger partial charge in [-0.3, -0.25) is 10.1 Å². The minimum atomic E-state index is -0.805. The molecule has 1 aliphatic heterocycles. The Hall–Kier alpha value is -2.28. The number of nitrogens with two attached hydrogens (primary N) is 1. The van der Waals surface area contributed by atoms with Crippen molar-refractivity contribution >= 4 is 11.9 Å². The van der Waals surface area contributed by atoms with Crippen LogP contribution in [0.3, 0.4) is 0 Å². The summed E-state index contributed by atoms with van der Waals surface area (Å²) in [5, 5.41) is 4.44. The molecular weight excluding hydrogens is 262 g/mol. The van der Waals surface area contributed by atoms with Crippen LogP contribution >= 0.6 is 0 Å². The second-order valence-electron chi connectivity index (χ2n) is 4.45. The summed E-state index contributed by atoms with van der Waals surface area (Å²) < 4.78 is 10.9. The third kappa shape index (κ3) is 3.00. The van der Waals surface area contributed by atoms with E-state index in [1.807, 2.05) is 6.07 Å². The summed E-state index contributed by atoms with van der Waals surface area (Å²) in [5.74, 6) is 0.619.